The molecule has 1 aromatic heterocycles. The summed E-state index contributed by atoms with van der Waals surface area (Å²) in [6, 6.07) is 7.21. The molecule has 0 spiro atoms. The van der Waals surface area contributed by atoms with Gasteiger partial charge in [0.1, 0.15) is 16.7 Å². The molecule has 2 heterocycles. The predicted octanol–water partition coefficient (Wildman–Crippen LogP) is 4.72. The normalized spacial score (nSPS) is 24.8. The van der Waals surface area contributed by atoms with Gasteiger partial charge in [0.15, 0.2) is 0 Å². The zero-order valence-electron chi connectivity index (χ0n) is 18.8. The minimum Gasteiger partial charge on any atom is -0.346 e. The molecule has 33 heavy (non-hydrogen) atoms. The van der Waals surface area contributed by atoms with Crippen molar-refractivity contribution in [3.63, 3.8) is 0 Å². The fraction of sp³-hybridized carbons (Fsp3) is 0.480. The van der Waals surface area contributed by atoms with Crippen LogP contribution in [-0.4, -0.2) is 28.3 Å². The Hall–Kier alpha value is -2.64. The van der Waals surface area contributed by atoms with Crippen molar-refractivity contribution in [2.75, 3.05) is 11.9 Å². The highest BCUT2D eigenvalue weighted by Gasteiger charge is 2.29. The monoisotopic (exact) mass is 469 g/mol. The second-order valence-electron chi connectivity index (χ2n) is 8.98. The zero-order chi connectivity index (χ0) is 23.2. The third-order valence-electron chi connectivity index (χ3n) is 6.66. The van der Waals surface area contributed by atoms with Gasteiger partial charge in [0, 0.05) is 17.9 Å². The second-order valence-corrected chi connectivity index (χ2v) is 9.36. The summed E-state index contributed by atoms with van der Waals surface area (Å²) in [5.74, 6) is 1.19. The van der Waals surface area contributed by atoms with E-state index in [1.165, 1.54) is 0 Å². The molecule has 1 aliphatic heterocycles. The van der Waals surface area contributed by atoms with E-state index in [4.69, 9.17) is 22.3 Å². The minimum atomic E-state index is -0.273. The molecule has 1 aliphatic carbocycles. The van der Waals surface area contributed by atoms with Crippen LogP contribution < -0.4 is 16.4 Å². The molecule has 2 aromatic rings. The Morgan fingerprint density at radius 1 is 1.12 bits per heavy atom. The molecule has 176 valence electrons. The molecule has 4 rings (SSSR count). The van der Waals surface area contributed by atoms with Crippen molar-refractivity contribution >= 4 is 29.1 Å². The number of hydrogen-bond acceptors (Lipinski definition) is 4. The van der Waals surface area contributed by atoms with Gasteiger partial charge in [-0.2, -0.15) is 0 Å². The summed E-state index contributed by atoms with van der Waals surface area (Å²) in [6.07, 6.45) is 10.3. The van der Waals surface area contributed by atoms with E-state index in [-0.39, 0.29) is 23.8 Å². The maximum atomic E-state index is 13.1. The lowest BCUT2D eigenvalue weighted by Gasteiger charge is -2.28. The highest BCUT2D eigenvalue weighted by Crippen LogP contribution is 2.34. The molecule has 0 unspecified atom stereocenters. The molecule has 8 heteroatoms. The molecule has 5 N–H and O–H groups in total. The molecule has 1 saturated carbocycles. The average molecular weight is 470 g/mol. The highest BCUT2D eigenvalue weighted by atomic mass is 35.5. The van der Waals surface area contributed by atoms with Gasteiger partial charge in [-0.1, -0.05) is 42.0 Å². The van der Waals surface area contributed by atoms with E-state index in [1.54, 1.807) is 0 Å². The first-order valence-electron chi connectivity index (χ1n) is 11.8. The number of nitrogens with one attached hydrogen (secondary N) is 3. The number of fused-ring (bicyclic) bond motifs is 4. The van der Waals surface area contributed by atoms with Gasteiger partial charge in [0.05, 0.1) is 11.7 Å². The van der Waals surface area contributed by atoms with Crippen LogP contribution in [0.1, 0.15) is 63.2 Å². The smallest absolute Gasteiger partial charge is 0.224 e. The van der Waals surface area contributed by atoms with Gasteiger partial charge in [-0.15, -0.1) is 0 Å². The van der Waals surface area contributed by atoms with Gasteiger partial charge in [-0.3, -0.25) is 9.59 Å². The summed E-state index contributed by atoms with van der Waals surface area (Å²) in [6.45, 7) is 0.693. The maximum absolute atomic E-state index is 13.1. The number of allylic oxidation sites excluding steroid dienone is 2. The Balaban J connectivity index is 1.60. The van der Waals surface area contributed by atoms with Crippen LogP contribution in [0.2, 0.25) is 5.15 Å². The van der Waals surface area contributed by atoms with E-state index in [2.05, 4.69) is 21.7 Å². The van der Waals surface area contributed by atoms with Gasteiger partial charge >= 0.3 is 0 Å². The van der Waals surface area contributed by atoms with Gasteiger partial charge in [-0.25, -0.2) is 4.98 Å². The number of hydrogen-bond donors (Lipinski definition) is 4. The van der Waals surface area contributed by atoms with Gasteiger partial charge in [-0.05, 0) is 63.5 Å². The second kappa shape index (κ2) is 11.0. The summed E-state index contributed by atoms with van der Waals surface area (Å²) < 4.78 is 0. The number of benzene rings is 1. The van der Waals surface area contributed by atoms with Crippen LogP contribution in [0.15, 0.2) is 36.4 Å². The number of carbonyl (C=O) groups excluding carboxylic acids is 2. The summed E-state index contributed by atoms with van der Waals surface area (Å²) in [4.78, 5) is 33.4. The number of nitrogens with zero attached hydrogens (tertiary/aromatic N) is 1. The maximum Gasteiger partial charge on any atom is 0.224 e. The van der Waals surface area contributed by atoms with Crippen LogP contribution in [0, 0.1) is 11.8 Å². The number of rotatable bonds is 3. The Bertz CT molecular complexity index is 1010. The number of H-pyrrole nitrogens is 1. The molecule has 7 nitrogen and oxygen atoms in total. The lowest BCUT2D eigenvalue weighted by molar-refractivity contribution is -0.127. The van der Waals surface area contributed by atoms with Gasteiger partial charge in [0.25, 0.3) is 0 Å². The van der Waals surface area contributed by atoms with Crippen molar-refractivity contribution in [3.8, 4) is 11.3 Å². The quantitative estimate of drug-likeness (QED) is 0.487. The van der Waals surface area contributed by atoms with Crippen molar-refractivity contribution in [1.29, 1.82) is 0 Å². The molecule has 2 aliphatic rings. The molecule has 1 aromatic carbocycles. The van der Waals surface area contributed by atoms with E-state index in [0.29, 0.717) is 54.1 Å². The number of nitrogens with two attached hydrogens (primary N) is 1. The molecule has 1 atom stereocenters. The number of aromatic amines is 1. The first-order valence-corrected chi connectivity index (χ1v) is 12.2. The van der Waals surface area contributed by atoms with E-state index in [1.807, 2.05) is 30.3 Å². The van der Waals surface area contributed by atoms with Crippen LogP contribution in [-0.2, 0) is 9.59 Å². The third-order valence-corrected chi connectivity index (χ3v) is 6.93. The zero-order valence-corrected chi connectivity index (χ0v) is 19.5. The molecular weight excluding hydrogens is 438 g/mol. The number of carbonyl (C=O) groups is 2. The van der Waals surface area contributed by atoms with Gasteiger partial charge in [0.2, 0.25) is 11.8 Å². The molecule has 2 bridgehead atoms. The first-order chi connectivity index (χ1) is 16.0. The lowest BCUT2D eigenvalue weighted by atomic mass is 9.81. The highest BCUT2D eigenvalue weighted by molar-refractivity contribution is 6.32. The number of para-hydroxylation sites is 1. The van der Waals surface area contributed by atoms with Crippen molar-refractivity contribution in [3.05, 3.63) is 47.4 Å². The Morgan fingerprint density at radius 2 is 1.88 bits per heavy atom. The number of amides is 2. The standard InChI is InChI=1S/C25H32ClN5O2/c26-23-22-18-7-5-6-8-19(18)28-21(32)10-4-2-1-3-9-20(24(30-22)31-23)29-25(33)17-13-11-16(15-27)12-14-17/h1-2,5-8,16-17,20H,3-4,9-15,27H2,(H,28,32)(H,29,33)(H,30,31)/b2-1+/t16-,17-,20-/m0/s1. The van der Waals surface area contributed by atoms with Gasteiger partial charge < -0.3 is 21.4 Å². The molecular formula is C25H32ClN5O2. The Morgan fingerprint density at radius 3 is 2.67 bits per heavy atom. The topological polar surface area (TPSA) is 113 Å². The average Bonchev–Trinajstić information content (AvgIpc) is 3.21. The van der Waals surface area contributed by atoms with E-state index in [0.717, 1.165) is 37.7 Å². The SMILES string of the molecule is NC[C@H]1CC[C@H](C(=O)N[C@H]2CC/C=C/CCC(=O)Nc3ccccc3-c3nc2[nH]c3Cl)CC1. The molecule has 0 saturated heterocycles. The summed E-state index contributed by atoms with van der Waals surface area (Å²) >= 11 is 6.56. The Kier molecular flexibility index (Phi) is 7.83. The molecule has 2 amide bonds. The minimum absolute atomic E-state index is 0.0114. The number of aromatic nitrogens is 2. The Labute approximate surface area is 199 Å². The first kappa shape index (κ1) is 23.5. The number of anilines is 1. The largest absolute Gasteiger partial charge is 0.346 e. The number of halogens is 1. The van der Waals surface area contributed by atoms with Crippen LogP contribution in [0.25, 0.3) is 11.3 Å². The fourth-order valence-corrected chi connectivity index (χ4v) is 4.90. The van der Waals surface area contributed by atoms with Crippen molar-refractivity contribution < 1.29 is 9.59 Å². The molecule has 0 radical (unpaired) electrons. The van der Waals surface area contributed by atoms with Crippen LogP contribution in [0.4, 0.5) is 5.69 Å². The third kappa shape index (κ3) is 5.84. The fourth-order valence-electron chi connectivity index (χ4n) is 4.66. The van der Waals surface area contributed by atoms with E-state index < -0.39 is 0 Å². The lowest BCUT2D eigenvalue weighted by Crippen LogP contribution is -2.37. The van der Waals surface area contributed by atoms with Crippen LogP contribution in [0.5, 0.6) is 0 Å². The molecule has 1 fully saturated rings. The summed E-state index contributed by atoms with van der Waals surface area (Å²) in [7, 11) is 0. The van der Waals surface area contributed by atoms with Crippen molar-refractivity contribution in [2.45, 2.75) is 57.4 Å². The van der Waals surface area contributed by atoms with E-state index >= 15 is 0 Å². The van der Waals surface area contributed by atoms with Crippen LogP contribution >= 0.6 is 11.6 Å². The van der Waals surface area contributed by atoms with Crippen molar-refractivity contribution in [2.24, 2.45) is 17.6 Å². The predicted molar refractivity (Wildman–Crippen MR) is 131 cm³/mol. The van der Waals surface area contributed by atoms with Crippen LogP contribution in [0.3, 0.4) is 0 Å². The van der Waals surface area contributed by atoms with Crippen molar-refractivity contribution in [1.82, 2.24) is 15.3 Å². The van der Waals surface area contributed by atoms with E-state index in [9.17, 15) is 9.59 Å². The summed E-state index contributed by atoms with van der Waals surface area (Å²) in [5.41, 5.74) is 7.78. The number of imidazole rings is 1. The summed E-state index contributed by atoms with van der Waals surface area (Å²) in [5, 5.41) is 6.59.